The third-order valence-corrected chi connectivity index (χ3v) is 4.96. The Morgan fingerprint density at radius 2 is 1.83 bits per heavy atom. The predicted molar refractivity (Wildman–Crippen MR) is 93.4 cm³/mol. The van der Waals surface area contributed by atoms with Crippen LogP contribution in [0.5, 0.6) is 0 Å². The van der Waals surface area contributed by atoms with E-state index in [1.165, 1.54) is 11.8 Å². The first-order valence-electron chi connectivity index (χ1n) is 7.91. The third kappa shape index (κ3) is 4.73. The molecule has 0 unspecified atom stereocenters. The van der Waals surface area contributed by atoms with Gasteiger partial charge in [0.1, 0.15) is 36.0 Å². The molecule has 2 rings (SSSR count). The van der Waals surface area contributed by atoms with Crippen molar-refractivity contribution < 1.29 is 24.8 Å². The molecular formula is C18H24O5S. The van der Waals surface area contributed by atoms with Gasteiger partial charge in [0.15, 0.2) is 0 Å². The maximum absolute atomic E-state index is 10.1. The summed E-state index contributed by atoms with van der Waals surface area (Å²) >= 11 is 1.39. The summed E-state index contributed by atoms with van der Waals surface area (Å²) in [7, 11) is 0. The van der Waals surface area contributed by atoms with E-state index in [2.05, 4.69) is 5.92 Å². The van der Waals surface area contributed by atoms with Crippen LogP contribution in [0.3, 0.4) is 0 Å². The van der Waals surface area contributed by atoms with Crippen LogP contribution in [0.25, 0.3) is 0 Å². The van der Waals surface area contributed by atoms with Crippen molar-refractivity contribution in [1.29, 1.82) is 0 Å². The second-order valence-corrected chi connectivity index (χ2v) is 7.67. The summed E-state index contributed by atoms with van der Waals surface area (Å²) in [4.78, 5) is 0. The van der Waals surface area contributed by atoms with Crippen LogP contribution in [0.2, 0.25) is 0 Å². The number of benzene rings is 1. The molecule has 6 atom stereocenters. The van der Waals surface area contributed by atoms with E-state index in [1.54, 1.807) is 0 Å². The standard InChI is InChI=1S/C18H24O5S/c1-4-13(12-8-6-5-7-9-12)22-10-14-15(19)16(20)17(21)18(23-14)24-11(2)3/h1,5-9,11,13-21H,10H2,2-3H3/t13-,14-,15+,16+,17-,18+/m1/s1. The zero-order valence-electron chi connectivity index (χ0n) is 13.8. The Hall–Kier alpha value is -1.07. The lowest BCUT2D eigenvalue weighted by atomic mass is 10.0. The highest BCUT2D eigenvalue weighted by molar-refractivity contribution is 8.00. The largest absolute Gasteiger partial charge is 0.387 e. The number of rotatable bonds is 6. The van der Waals surface area contributed by atoms with E-state index in [-0.39, 0.29) is 11.9 Å². The third-order valence-electron chi connectivity index (χ3n) is 3.76. The molecule has 0 amide bonds. The van der Waals surface area contributed by atoms with Crippen LogP contribution in [0.1, 0.15) is 25.5 Å². The van der Waals surface area contributed by atoms with Crippen LogP contribution >= 0.6 is 11.8 Å². The Bertz CT molecular complexity index is 544. The molecule has 132 valence electrons. The fourth-order valence-electron chi connectivity index (χ4n) is 2.49. The van der Waals surface area contributed by atoms with Crippen molar-refractivity contribution in [1.82, 2.24) is 0 Å². The van der Waals surface area contributed by atoms with Crippen LogP contribution in [-0.2, 0) is 9.47 Å². The topological polar surface area (TPSA) is 79.2 Å². The number of hydrogen-bond acceptors (Lipinski definition) is 6. The minimum absolute atomic E-state index is 0.0177. The fraction of sp³-hybridized carbons (Fsp3) is 0.556. The molecule has 24 heavy (non-hydrogen) atoms. The highest BCUT2D eigenvalue weighted by Crippen LogP contribution is 2.31. The zero-order valence-corrected chi connectivity index (χ0v) is 14.6. The number of thioether (sulfide) groups is 1. The first-order valence-corrected chi connectivity index (χ1v) is 8.86. The van der Waals surface area contributed by atoms with E-state index in [0.29, 0.717) is 0 Å². The molecule has 0 saturated carbocycles. The van der Waals surface area contributed by atoms with Crippen LogP contribution in [0, 0.1) is 12.3 Å². The fourth-order valence-corrected chi connectivity index (χ4v) is 3.56. The van der Waals surface area contributed by atoms with Gasteiger partial charge in [-0.3, -0.25) is 0 Å². The molecule has 5 nitrogen and oxygen atoms in total. The smallest absolute Gasteiger partial charge is 0.143 e. The molecule has 1 heterocycles. The second-order valence-electron chi connectivity index (χ2n) is 5.99. The highest BCUT2D eigenvalue weighted by Gasteiger charge is 2.44. The number of hydrogen-bond donors (Lipinski definition) is 3. The van der Waals surface area contributed by atoms with E-state index >= 15 is 0 Å². The Balaban J connectivity index is 2.00. The van der Waals surface area contributed by atoms with E-state index in [4.69, 9.17) is 15.9 Å². The van der Waals surface area contributed by atoms with Crippen LogP contribution in [0.15, 0.2) is 30.3 Å². The lowest BCUT2D eigenvalue weighted by Crippen LogP contribution is -2.58. The molecule has 1 aromatic carbocycles. The van der Waals surface area contributed by atoms with Gasteiger partial charge >= 0.3 is 0 Å². The van der Waals surface area contributed by atoms with Crippen molar-refractivity contribution in [3.63, 3.8) is 0 Å². The van der Waals surface area contributed by atoms with Crippen molar-refractivity contribution >= 4 is 11.8 Å². The van der Waals surface area contributed by atoms with Gasteiger partial charge in [0.05, 0.1) is 6.61 Å². The van der Waals surface area contributed by atoms with Gasteiger partial charge in [-0.2, -0.15) is 0 Å². The van der Waals surface area contributed by atoms with Gasteiger partial charge < -0.3 is 24.8 Å². The summed E-state index contributed by atoms with van der Waals surface area (Å²) < 4.78 is 11.4. The number of terminal acetylenes is 1. The summed E-state index contributed by atoms with van der Waals surface area (Å²) in [5, 5.41) is 30.4. The Kier molecular flexibility index (Phi) is 7.11. The Morgan fingerprint density at radius 1 is 1.17 bits per heavy atom. The summed E-state index contributed by atoms with van der Waals surface area (Å²) in [6, 6.07) is 9.34. The van der Waals surface area contributed by atoms with Crippen molar-refractivity contribution in [3.05, 3.63) is 35.9 Å². The predicted octanol–water partition coefficient (Wildman–Crippen LogP) is 1.33. The van der Waals surface area contributed by atoms with E-state index in [0.717, 1.165) is 5.56 Å². The maximum Gasteiger partial charge on any atom is 0.143 e. The van der Waals surface area contributed by atoms with E-state index < -0.39 is 36.0 Å². The van der Waals surface area contributed by atoms with Gasteiger partial charge in [-0.15, -0.1) is 18.2 Å². The Morgan fingerprint density at radius 3 is 2.42 bits per heavy atom. The van der Waals surface area contributed by atoms with Crippen molar-refractivity contribution in [2.75, 3.05) is 6.61 Å². The first kappa shape index (κ1) is 19.3. The van der Waals surface area contributed by atoms with Gasteiger partial charge in [0.25, 0.3) is 0 Å². The normalized spacial score (nSPS) is 31.6. The van der Waals surface area contributed by atoms with Gasteiger partial charge in [0.2, 0.25) is 0 Å². The average molecular weight is 352 g/mol. The number of aliphatic hydroxyl groups is 3. The second kappa shape index (κ2) is 8.86. The molecule has 0 spiro atoms. The van der Waals surface area contributed by atoms with Crippen LogP contribution < -0.4 is 0 Å². The zero-order chi connectivity index (χ0) is 17.7. The van der Waals surface area contributed by atoms with Crippen LogP contribution in [0.4, 0.5) is 0 Å². The number of ether oxygens (including phenoxy) is 2. The molecule has 1 fully saturated rings. The molecule has 0 bridgehead atoms. The minimum Gasteiger partial charge on any atom is -0.387 e. The lowest BCUT2D eigenvalue weighted by molar-refractivity contribution is -0.211. The van der Waals surface area contributed by atoms with Gasteiger partial charge in [-0.05, 0) is 5.56 Å². The van der Waals surface area contributed by atoms with Crippen molar-refractivity contribution in [3.8, 4) is 12.3 Å². The molecule has 3 N–H and O–H groups in total. The van der Waals surface area contributed by atoms with E-state index in [1.807, 2.05) is 44.2 Å². The first-order chi connectivity index (χ1) is 11.4. The molecular weight excluding hydrogens is 328 g/mol. The summed E-state index contributed by atoms with van der Waals surface area (Å²) in [5.74, 6) is 2.56. The van der Waals surface area contributed by atoms with Gasteiger partial charge in [-0.1, -0.05) is 50.1 Å². The Labute approximate surface area is 147 Å². The molecule has 1 aliphatic heterocycles. The maximum atomic E-state index is 10.1. The minimum atomic E-state index is -1.29. The van der Waals surface area contributed by atoms with Gasteiger partial charge in [-0.25, -0.2) is 0 Å². The average Bonchev–Trinajstić information content (AvgIpc) is 2.57. The molecule has 6 heteroatoms. The van der Waals surface area contributed by atoms with Crippen molar-refractivity contribution in [2.45, 2.75) is 55.1 Å². The van der Waals surface area contributed by atoms with Gasteiger partial charge in [0, 0.05) is 5.25 Å². The summed E-state index contributed by atoms with van der Waals surface area (Å²) in [6.07, 6.45) is 0.517. The molecule has 0 radical (unpaired) electrons. The molecule has 0 aromatic heterocycles. The van der Waals surface area contributed by atoms with Crippen LogP contribution in [-0.4, -0.2) is 57.0 Å². The van der Waals surface area contributed by atoms with Crippen molar-refractivity contribution in [2.24, 2.45) is 0 Å². The molecule has 1 saturated heterocycles. The molecule has 1 aromatic rings. The SMILES string of the molecule is C#C[C@@H](OC[C@H]1O[C@@H](SC(C)C)[C@H](O)[C@@H](O)[C@H]1O)c1ccccc1. The molecule has 1 aliphatic rings. The molecule has 0 aliphatic carbocycles. The van der Waals surface area contributed by atoms with E-state index in [9.17, 15) is 15.3 Å². The quantitative estimate of drug-likeness (QED) is 0.671. The summed E-state index contributed by atoms with van der Waals surface area (Å²) in [6.45, 7) is 3.95. The highest BCUT2D eigenvalue weighted by atomic mass is 32.2. The number of aliphatic hydroxyl groups excluding tert-OH is 3. The summed E-state index contributed by atoms with van der Waals surface area (Å²) in [5.41, 5.74) is 0.206. The monoisotopic (exact) mass is 352 g/mol. The lowest BCUT2D eigenvalue weighted by Gasteiger charge is -2.41.